The Morgan fingerprint density at radius 3 is 2.57 bits per heavy atom. The Bertz CT molecular complexity index is 540. The molecule has 0 fully saturated rings. The molecule has 1 rings (SSSR count). The van der Waals surface area contributed by atoms with Crippen molar-refractivity contribution in [3.8, 4) is 5.75 Å². The van der Waals surface area contributed by atoms with Crippen LogP contribution in [0.4, 0.5) is 0 Å². The lowest BCUT2D eigenvalue weighted by Crippen LogP contribution is -2.27. The minimum Gasteiger partial charge on any atom is -0.507 e. The number of hydrogen-bond acceptors (Lipinski definition) is 5. The van der Waals surface area contributed by atoms with Crippen LogP contribution in [-0.4, -0.2) is 29.3 Å². The summed E-state index contributed by atoms with van der Waals surface area (Å²) in [6.07, 6.45) is 0.528. The molecular weight excluding hydrogens is 272 g/mol. The minimum atomic E-state index is -0.536. The number of nitrogens with one attached hydrogen (secondary N) is 1. The van der Waals surface area contributed by atoms with Gasteiger partial charge < -0.3 is 9.84 Å². The number of ether oxygens (including phenoxy) is 1. The third-order valence-electron chi connectivity index (χ3n) is 2.97. The number of hydrazone groups is 1. The molecule has 1 atom stereocenters. The Morgan fingerprint density at radius 1 is 1.33 bits per heavy atom. The zero-order valence-electron chi connectivity index (χ0n) is 12.4. The fourth-order valence-corrected chi connectivity index (χ4v) is 1.82. The van der Waals surface area contributed by atoms with Crippen LogP contribution in [0.3, 0.4) is 0 Å². The number of benzene rings is 1. The molecule has 6 nitrogen and oxygen atoms in total. The maximum absolute atomic E-state index is 11.9. The highest BCUT2D eigenvalue weighted by Crippen LogP contribution is 2.15. The summed E-state index contributed by atoms with van der Waals surface area (Å²) in [6, 6.07) is 6.16. The first-order valence-corrected chi connectivity index (χ1v) is 6.80. The highest BCUT2D eigenvalue weighted by atomic mass is 16.5. The normalized spacial score (nSPS) is 12.6. The molecule has 6 heteroatoms. The third-order valence-corrected chi connectivity index (χ3v) is 2.97. The minimum absolute atomic E-state index is 0.123. The van der Waals surface area contributed by atoms with Gasteiger partial charge >= 0.3 is 5.97 Å². The fraction of sp³-hybridized carbons (Fsp3) is 0.400. The van der Waals surface area contributed by atoms with Gasteiger partial charge in [-0.3, -0.25) is 9.59 Å². The number of hydrogen-bond donors (Lipinski definition) is 2. The highest BCUT2D eigenvalue weighted by Gasteiger charge is 2.21. The zero-order valence-corrected chi connectivity index (χ0v) is 12.4. The molecule has 21 heavy (non-hydrogen) atoms. The van der Waals surface area contributed by atoms with Crippen molar-refractivity contribution in [1.29, 1.82) is 0 Å². The van der Waals surface area contributed by atoms with Gasteiger partial charge in [0, 0.05) is 5.71 Å². The highest BCUT2D eigenvalue weighted by molar-refractivity contribution is 6.02. The van der Waals surface area contributed by atoms with E-state index in [1.807, 2.05) is 6.92 Å². The van der Waals surface area contributed by atoms with E-state index < -0.39 is 11.8 Å². The summed E-state index contributed by atoms with van der Waals surface area (Å²) in [7, 11) is 0. The number of carbonyl (C=O) groups is 2. The van der Waals surface area contributed by atoms with Crippen molar-refractivity contribution in [3.63, 3.8) is 0 Å². The molecule has 0 heterocycles. The van der Waals surface area contributed by atoms with Crippen molar-refractivity contribution in [3.05, 3.63) is 29.8 Å². The molecule has 1 aromatic rings. The van der Waals surface area contributed by atoms with E-state index in [2.05, 4.69) is 10.5 Å². The monoisotopic (exact) mass is 292 g/mol. The number of phenolic OH excluding ortho intramolecular Hbond substituents is 1. The zero-order chi connectivity index (χ0) is 15.8. The first-order valence-electron chi connectivity index (χ1n) is 6.80. The smallest absolute Gasteiger partial charge is 0.314 e. The maximum Gasteiger partial charge on any atom is 0.314 e. The molecular formula is C15H20N2O4. The average molecular weight is 292 g/mol. The lowest BCUT2D eigenvalue weighted by atomic mass is 10.0. The molecule has 0 radical (unpaired) electrons. The van der Waals surface area contributed by atoms with Crippen LogP contribution in [0.5, 0.6) is 5.75 Å². The van der Waals surface area contributed by atoms with Gasteiger partial charge in [0.1, 0.15) is 5.75 Å². The van der Waals surface area contributed by atoms with E-state index >= 15 is 0 Å². The number of nitrogens with zero attached hydrogens (tertiary/aromatic N) is 1. The van der Waals surface area contributed by atoms with E-state index in [1.165, 1.54) is 12.1 Å². The average Bonchev–Trinajstić information content (AvgIpc) is 2.46. The summed E-state index contributed by atoms with van der Waals surface area (Å²) in [5.74, 6) is -1.51. The lowest BCUT2D eigenvalue weighted by molar-refractivity contribution is -0.145. The predicted molar refractivity (Wildman–Crippen MR) is 79.1 cm³/mol. The summed E-state index contributed by atoms with van der Waals surface area (Å²) < 4.78 is 4.95. The van der Waals surface area contributed by atoms with E-state index in [0.29, 0.717) is 18.7 Å². The lowest BCUT2D eigenvalue weighted by Gasteiger charge is -2.13. The maximum atomic E-state index is 11.9. The van der Waals surface area contributed by atoms with Crippen LogP contribution >= 0.6 is 0 Å². The van der Waals surface area contributed by atoms with Gasteiger partial charge in [0.2, 0.25) is 0 Å². The molecule has 0 saturated heterocycles. The van der Waals surface area contributed by atoms with Crippen molar-refractivity contribution in [2.45, 2.75) is 27.2 Å². The molecule has 0 aromatic heterocycles. The van der Waals surface area contributed by atoms with E-state index in [4.69, 9.17) is 4.74 Å². The number of esters is 1. The van der Waals surface area contributed by atoms with E-state index in [-0.39, 0.29) is 17.3 Å². The first-order chi connectivity index (χ1) is 10.0. The number of rotatable bonds is 6. The van der Waals surface area contributed by atoms with Gasteiger partial charge in [-0.05, 0) is 32.4 Å². The van der Waals surface area contributed by atoms with Gasteiger partial charge in [-0.15, -0.1) is 0 Å². The molecule has 2 N–H and O–H groups in total. The van der Waals surface area contributed by atoms with Gasteiger partial charge in [0.25, 0.3) is 5.91 Å². The Morgan fingerprint density at radius 2 is 2.00 bits per heavy atom. The predicted octanol–water partition coefficient (Wildman–Crippen LogP) is 2.09. The Labute approximate surface area is 123 Å². The number of phenols is 1. The second-order valence-electron chi connectivity index (χ2n) is 4.42. The van der Waals surface area contributed by atoms with Gasteiger partial charge in [0.15, 0.2) is 0 Å². The molecule has 0 aliphatic carbocycles. The van der Waals surface area contributed by atoms with Crippen LogP contribution in [0.2, 0.25) is 0 Å². The molecule has 0 unspecified atom stereocenters. The SMILES string of the molecule is CCOC(=O)[C@H](CC)/C(C)=N/NC(=O)c1ccccc1O. The number of amides is 1. The van der Waals surface area contributed by atoms with Crippen LogP contribution in [0.25, 0.3) is 0 Å². The quantitative estimate of drug-likeness (QED) is 0.477. The van der Waals surface area contributed by atoms with Crippen LogP contribution in [0, 0.1) is 5.92 Å². The van der Waals surface area contributed by atoms with E-state index in [9.17, 15) is 14.7 Å². The molecule has 1 amide bonds. The van der Waals surface area contributed by atoms with Crippen molar-refractivity contribution >= 4 is 17.6 Å². The largest absolute Gasteiger partial charge is 0.507 e. The summed E-state index contributed by atoms with van der Waals surface area (Å²) in [5, 5.41) is 13.5. The van der Waals surface area contributed by atoms with Crippen molar-refractivity contribution < 1.29 is 19.4 Å². The standard InChI is InChI=1S/C15H20N2O4/c1-4-11(15(20)21-5-2)10(3)16-17-14(19)12-8-6-7-9-13(12)18/h6-9,11,18H,4-5H2,1-3H3,(H,17,19)/b16-10+/t11-/m1/s1. The molecule has 0 aliphatic rings. The van der Waals surface area contributed by atoms with Crippen LogP contribution in [-0.2, 0) is 9.53 Å². The van der Waals surface area contributed by atoms with Gasteiger partial charge in [-0.25, -0.2) is 5.43 Å². The second-order valence-corrected chi connectivity index (χ2v) is 4.42. The summed E-state index contributed by atoms with van der Waals surface area (Å²) in [4.78, 5) is 23.6. The fourth-order valence-electron chi connectivity index (χ4n) is 1.82. The summed E-state index contributed by atoms with van der Waals surface area (Å²) in [5.41, 5.74) is 2.91. The van der Waals surface area contributed by atoms with Crippen LogP contribution in [0.15, 0.2) is 29.4 Å². The first kappa shape index (κ1) is 16.7. The van der Waals surface area contributed by atoms with Crippen molar-refractivity contribution in [1.82, 2.24) is 5.43 Å². The Hall–Kier alpha value is -2.37. The molecule has 0 saturated carbocycles. The Balaban J connectivity index is 2.76. The molecule has 114 valence electrons. The molecule has 0 spiro atoms. The summed E-state index contributed by atoms with van der Waals surface area (Å²) >= 11 is 0. The number of carbonyl (C=O) groups excluding carboxylic acids is 2. The van der Waals surface area contributed by atoms with Crippen LogP contribution < -0.4 is 5.43 Å². The van der Waals surface area contributed by atoms with Gasteiger partial charge in [0.05, 0.1) is 18.1 Å². The van der Waals surface area contributed by atoms with E-state index in [1.54, 1.807) is 26.0 Å². The number of aromatic hydroxyl groups is 1. The second kappa shape index (κ2) is 8.04. The summed E-state index contributed by atoms with van der Waals surface area (Å²) in [6.45, 7) is 5.52. The van der Waals surface area contributed by atoms with Crippen molar-refractivity contribution in [2.75, 3.05) is 6.61 Å². The topological polar surface area (TPSA) is 88.0 Å². The third kappa shape index (κ3) is 4.59. The van der Waals surface area contributed by atoms with E-state index in [0.717, 1.165) is 0 Å². The van der Waals surface area contributed by atoms with Gasteiger partial charge in [-0.1, -0.05) is 19.1 Å². The molecule has 0 aliphatic heterocycles. The van der Waals surface area contributed by atoms with Crippen molar-refractivity contribution in [2.24, 2.45) is 11.0 Å². The molecule has 1 aromatic carbocycles. The molecule has 0 bridgehead atoms. The van der Waals surface area contributed by atoms with Gasteiger partial charge in [-0.2, -0.15) is 5.10 Å². The Kier molecular flexibility index (Phi) is 6.39. The van der Waals surface area contributed by atoms with Crippen LogP contribution in [0.1, 0.15) is 37.6 Å². The number of para-hydroxylation sites is 1.